The summed E-state index contributed by atoms with van der Waals surface area (Å²) in [4.78, 5) is 41.8. The molecular formula is C17H12ClN5O4. The molecule has 9 nitrogen and oxygen atoms in total. The number of H-pyrrole nitrogens is 1. The minimum absolute atomic E-state index is 0.247. The zero-order valence-electron chi connectivity index (χ0n) is 13.6. The quantitative estimate of drug-likeness (QED) is 0.456. The molecule has 10 heteroatoms. The molecule has 1 aromatic carbocycles. The van der Waals surface area contributed by atoms with E-state index in [1.165, 1.54) is 36.7 Å². The molecule has 2 heterocycles. The second kappa shape index (κ2) is 7.67. The predicted octanol–water partition coefficient (Wildman–Crippen LogP) is 1.04. The number of hydrogen-bond acceptors (Lipinski definition) is 6. The summed E-state index contributed by atoms with van der Waals surface area (Å²) >= 11 is 5.90. The van der Waals surface area contributed by atoms with Gasteiger partial charge >= 0.3 is 5.69 Å². The highest BCUT2D eigenvalue weighted by molar-refractivity contribution is 6.30. The summed E-state index contributed by atoms with van der Waals surface area (Å²) in [5, 5.41) is 14.4. The van der Waals surface area contributed by atoms with Crippen molar-refractivity contribution >= 4 is 23.7 Å². The van der Waals surface area contributed by atoms with Crippen LogP contribution in [0.4, 0.5) is 0 Å². The van der Waals surface area contributed by atoms with Gasteiger partial charge in [0.15, 0.2) is 0 Å². The van der Waals surface area contributed by atoms with Gasteiger partial charge in [0.05, 0.1) is 11.9 Å². The van der Waals surface area contributed by atoms with Gasteiger partial charge < -0.3 is 5.11 Å². The average molecular weight is 386 g/mol. The van der Waals surface area contributed by atoms with Gasteiger partial charge in [-0.1, -0.05) is 17.7 Å². The summed E-state index contributed by atoms with van der Waals surface area (Å²) in [7, 11) is 0. The molecule has 0 saturated carbocycles. The summed E-state index contributed by atoms with van der Waals surface area (Å²) < 4.78 is 0.860. The van der Waals surface area contributed by atoms with E-state index in [0.717, 1.165) is 10.8 Å². The first-order valence-corrected chi connectivity index (χ1v) is 7.93. The van der Waals surface area contributed by atoms with E-state index in [-0.39, 0.29) is 11.3 Å². The zero-order chi connectivity index (χ0) is 19.4. The lowest BCUT2D eigenvalue weighted by Crippen LogP contribution is -2.31. The Morgan fingerprint density at radius 2 is 2.00 bits per heavy atom. The monoisotopic (exact) mass is 385 g/mol. The van der Waals surface area contributed by atoms with Crippen LogP contribution in [-0.4, -0.2) is 31.8 Å². The van der Waals surface area contributed by atoms with E-state index >= 15 is 0 Å². The van der Waals surface area contributed by atoms with Crippen LogP contribution in [0, 0.1) is 0 Å². The third-order valence-corrected chi connectivity index (χ3v) is 3.72. The van der Waals surface area contributed by atoms with E-state index in [1.807, 2.05) is 0 Å². The Balaban J connectivity index is 1.94. The average Bonchev–Trinajstić information content (AvgIpc) is 2.65. The summed E-state index contributed by atoms with van der Waals surface area (Å²) in [5.41, 5.74) is 0.744. The van der Waals surface area contributed by atoms with Crippen molar-refractivity contribution in [3.8, 4) is 11.6 Å². The van der Waals surface area contributed by atoms with Crippen LogP contribution in [-0.2, 0) is 0 Å². The first kappa shape index (κ1) is 18.1. The zero-order valence-corrected chi connectivity index (χ0v) is 14.3. The van der Waals surface area contributed by atoms with Gasteiger partial charge in [0, 0.05) is 23.0 Å². The van der Waals surface area contributed by atoms with Crippen LogP contribution >= 0.6 is 11.6 Å². The number of aromatic amines is 1. The van der Waals surface area contributed by atoms with Crippen LogP contribution in [0.2, 0.25) is 5.02 Å². The molecule has 0 bridgehead atoms. The molecule has 3 aromatic rings. The molecule has 27 heavy (non-hydrogen) atoms. The minimum atomic E-state index is -0.863. The number of benzene rings is 1. The van der Waals surface area contributed by atoms with Gasteiger partial charge in [0.25, 0.3) is 11.5 Å². The molecule has 0 unspecified atom stereocenters. The maximum absolute atomic E-state index is 12.1. The van der Waals surface area contributed by atoms with E-state index in [4.69, 9.17) is 11.6 Å². The molecule has 0 radical (unpaired) electrons. The molecule has 1 amide bonds. The number of halogens is 1. The molecule has 0 atom stereocenters. The Labute approximate surface area is 156 Å². The Hall–Kier alpha value is -3.72. The first-order chi connectivity index (χ1) is 13.0. The van der Waals surface area contributed by atoms with Crippen molar-refractivity contribution in [3.05, 3.63) is 85.8 Å². The van der Waals surface area contributed by atoms with E-state index < -0.39 is 23.0 Å². The van der Waals surface area contributed by atoms with E-state index in [1.54, 1.807) is 12.1 Å². The van der Waals surface area contributed by atoms with Crippen molar-refractivity contribution in [2.45, 2.75) is 0 Å². The number of aromatic hydroxyl groups is 1. The largest absolute Gasteiger partial charge is 0.493 e. The lowest BCUT2D eigenvalue weighted by molar-refractivity contribution is 0.0955. The highest BCUT2D eigenvalue weighted by Gasteiger charge is 2.14. The molecule has 0 aliphatic rings. The molecule has 3 N–H and O–H groups in total. The van der Waals surface area contributed by atoms with Gasteiger partial charge in [-0.2, -0.15) is 5.10 Å². The fraction of sp³-hybridized carbons (Fsp3) is 0. The van der Waals surface area contributed by atoms with Crippen molar-refractivity contribution in [1.29, 1.82) is 0 Å². The fourth-order valence-corrected chi connectivity index (χ4v) is 2.42. The fourth-order valence-electron chi connectivity index (χ4n) is 2.23. The van der Waals surface area contributed by atoms with Crippen molar-refractivity contribution < 1.29 is 9.90 Å². The van der Waals surface area contributed by atoms with Crippen molar-refractivity contribution in [2.24, 2.45) is 5.10 Å². The van der Waals surface area contributed by atoms with Gasteiger partial charge in [0.1, 0.15) is 5.56 Å². The smallest absolute Gasteiger partial charge is 0.335 e. The Morgan fingerprint density at radius 3 is 2.70 bits per heavy atom. The Bertz CT molecular complexity index is 1140. The summed E-state index contributed by atoms with van der Waals surface area (Å²) in [6.45, 7) is 0. The predicted molar refractivity (Wildman–Crippen MR) is 98.6 cm³/mol. The molecule has 0 saturated heterocycles. The topological polar surface area (TPSA) is 129 Å². The van der Waals surface area contributed by atoms with Crippen LogP contribution in [0.25, 0.3) is 5.69 Å². The number of aromatic nitrogens is 3. The normalized spacial score (nSPS) is 10.9. The van der Waals surface area contributed by atoms with Gasteiger partial charge in [-0.15, -0.1) is 0 Å². The van der Waals surface area contributed by atoms with E-state index in [2.05, 4.69) is 20.5 Å². The lowest BCUT2D eigenvalue weighted by atomic mass is 10.2. The number of rotatable bonds is 4. The second-order valence-electron chi connectivity index (χ2n) is 5.25. The SMILES string of the molecule is O=C(N/N=C/c1c(O)n(-c2cccc(Cl)c2)c(=O)[nH]c1=O)c1ccncc1. The maximum atomic E-state index is 12.1. The van der Waals surface area contributed by atoms with Crippen molar-refractivity contribution in [3.63, 3.8) is 0 Å². The maximum Gasteiger partial charge on any atom is 0.335 e. The van der Waals surface area contributed by atoms with E-state index in [9.17, 15) is 19.5 Å². The number of carbonyl (C=O) groups is 1. The molecule has 0 aliphatic carbocycles. The molecule has 0 spiro atoms. The van der Waals surface area contributed by atoms with Crippen molar-refractivity contribution in [2.75, 3.05) is 0 Å². The van der Waals surface area contributed by atoms with Crippen LogP contribution in [0.5, 0.6) is 5.88 Å². The minimum Gasteiger partial charge on any atom is -0.493 e. The van der Waals surface area contributed by atoms with Crippen LogP contribution in [0.3, 0.4) is 0 Å². The molecule has 0 aliphatic heterocycles. The Kier molecular flexibility index (Phi) is 5.13. The Morgan fingerprint density at radius 1 is 1.26 bits per heavy atom. The third-order valence-electron chi connectivity index (χ3n) is 3.49. The molecule has 3 rings (SSSR count). The van der Waals surface area contributed by atoms with Crippen LogP contribution in [0.1, 0.15) is 15.9 Å². The van der Waals surface area contributed by atoms with Gasteiger partial charge in [-0.25, -0.2) is 14.8 Å². The molecular weight excluding hydrogens is 374 g/mol. The highest BCUT2D eigenvalue weighted by atomic mass is 35.5. The molecule has 136 valence electrons. The standard InChI is InChI=1S/C17H12ClN5O4/c18-11-2-1-3-12(8-11)23-16(26)13(15(25)21-17(23)27)9-20-22-14(24)10-4-6-19-7-5-10/h1-9,26H,(H,22,24)(H,21,25,27)/b20-9+. The third kappa shape index (κ3) is 3.93. The second-order valence-corrected chi connectivity index (χ2v) is 5.68. The van der Waals surface area contributed by atoms with Gasteiger partial charge in [0.2, 0.25) is 5.88 Å². The first-order valence-electron chi connectivity index (χ1n) is 7.55. The van der Waals surface area contributed by atoms with E-state index in [0.29, 0.717) is 10.6 Å². The summed E-state index contributed by atoms with van der Waals surface area (Å²) in [6, 6.07) is 9.10. The van der Waals surface area contributed by atoms with Crippen LogP contribution in [0.15, 0.2) is 63.5 Å². The number of hydrazone groups is 1. The van der Waals surface area contributed by atoms with Crippen molar-refractivity contribution in [1.82, 2.24) is 20.0 Å². The summed E-state index contributed by atoms with van der Waals surface area (Å²) in [5.74, 6) is -1.18. The number of hydrogen-bond donors (Lipinski definition) is 3. The molecule has 0 fully saturated rings. The van der Waals surface area contributed by atoms with Gasteiger partial charge in [-0.3, -0.25) is 19.6 Å². The van der Waals surface area contributed by atoms with Crippen LogP contribution < -0.4 is 16.7 Å². The number of nitrogens with one attached hydrogen (secondary N) is 2. The highest BCUT2D eigenvalue weighted by Crippen LogP contribution is 2.18. The number of nitrogens with zero attached hydrogens (tertiary/aromatic N) is 3. The lowest BCUT2D eigenvalue weighted by Gasteiger charge is -2.09. The number of amides is 1. The summed E-state index contributed by atoms with van der Waals surface area (Å²) in [6.07, 6.45) is 3.82. The number of pyridine rings is 1. The van der Waals surface area contributed by atoms with Gasteiger partial charge in [-0.05, 0) is 30.3 Å². The molecule has 2 aromatic heterocycles. The number of carbonyl (C=O) groups excluding carboxylic acids is 1.